The molecule has 0 radical (unpaired) electrons. The standard InChI is InChI=1S/C19H20N2O5S/c1-25-9-8-15-20-17-16(12-4-2-3-5-14(12)27-17)18(22)21(15)10-11-6-7-13(26-11)19(23)24/h6-7H,2-5,8-10H2,1H3,(H,23,24). The minimum Gasteiger partial charge on any atom is -0.475 e. The van der Waals surface area contributed by atoms with Crippen molar-refractivity contribution in [2.24, 2.45) is 0 Å². The van der Waals surface area contributed by atoms with Gasteiger partial charge in [0.15, 0.2) is 0 Å². The van der Waals surface area contributed by atoms with Gasteiger partial charge in [-0.1, -0.05) is 0 Å². The van der Waals surface area contributed by atoms with E-state index in [1.807, 2.05) is 0 Å². The smallest absolute Gasteiger partial charge is 0.371 e. The van der Waals surface area contributed by atoms with E-state index in [1.54, 1.807) is 29.1 Å². The number of carboxylic acids is 1. The van der Waals surface area contributed by atoms with E-state index in [1.165, 1.54) is 10.9 Å². The predicted molar refractivity (Wildman–Crippen MR) is 101 cm³/mol. The van der Waals surface area contributed by atoms with Gasteiger partial charge in [0.25, 0.3) is 5.56 Å². The van der Waals surface area contributed by atoms with Crippen molar-refractivity contribution in [2.45, 2.75) is 38.6 Å². The zero-order valence-corrected chi connectivity index (χ0v) is 15.8. The molecule has 1 aliphatic carbocycles. The van der Waals surface area contributed by atoms with E-state index < -0.39 is 5.97 Å². The molecule has 0 unspecified atom stereocenters. The SMILES string of the molecule is COCCc1nc2sc3c(c2c(=O)n1Cc1ccc(C(=O)O)o1)CCCC3. The normalized spacial score (nSPS) is 13.8. The van der Waals surface area contributed by atoms with E-state index in [4.69, 9.17) is 19.2 Å². The zero-order chi connectivity index (χ0) is 19.0. The molecule has 0 aromatic carbocycles. The number of furan rings is 1. The van der Waals surface area contributed by atoms with Gasteiger partial charge >= 0.3 is 5.97 Å². The van der Waals surface area contributed by atoms with Crippen LogP contribution in [0, 0.1) is 0 Å². The highest BCUT2D eigenvalue weighted by Gasteiger charge is 2.22. The molecule has 0 atom stereocenters. The van der Waals surface area contributed by atoms with Crippen molar-refractivity contribution < 1.29 is 19.1 Å². The van der Waals surface area contributed by atoms with Gasteiger partial charge in [-0.15, -0.1) is 11.3 Å². The van der Waals surface area contributed by atoms with Crippen LogP contribution in [0.15, 0.2) is 21.3 Å². The van der Waals surface area contributed by atoms with Gasteiger partial charge < -0.3 is 14.3 Å². The maximum absolute atomic E-state index is 13.3. The molecule has 0 saturated heterocycles. The molecule has 3 aromatic rings. The molecule has 27 heavy (non-hydrogen) atoms. The minimum absolute atomic E-state index is 0.0845. The molecule has 142 valence electrons. The third-order valence-electron chi connectivity index (χ3n) is 4.87. The van der Waals surface area contributed by atoms with E-state index in [0.717, 1.165) is 36.1 Å². The highest BCUT2D eigenvalue weighted by molar-refractivity contribution is 7.18. The van der Waals surface area contributed by atoms with Crippen molar-refractivity contribution in [1.82, 2.24) is 9.55 Å². The first kappa shape index (κ1) is 17.9. The van der Waals surface area contributed by atoms with Crippen LogP contribution in [0.1, 0.15) is 45.4 Å². The van der Waals surface area contributed by atoms with Gasteiger partial charge in [-0.2, -0.15) is 0 Å². The molecule has 0 amide bonds. The van der Waals surface area contributed by atoms with Gasteiger partial charge in [-0.05, 0) is 43.4 Å². The third-order valence-corrected chi connectivity index (χ3v) is 6.06. The van der Waals surface area contributed by atoms with Gasteiger partial charge in [0, 0.05) is 18.4 Å². The largest absolute Gasteiger partial charge is 0.475 e. The van der Waals surface area contributed by atoms with Crippen molar-refractivity contribution in [2.75, 3.05) is 13.7 Å². The second kappa shape index (κ2) is 7.28. The number of aromatic nitrogens is 2. The molecular weight excluding hydrogens is 368 g/mol. The van der Waals surface area contributed by atoms with Crippen LogP contribution in [0.25, 0.3) is 10.2 Å². The van der Waals surface area contributed by atoms with Gasteiger partial charge in [-0.25, -0.2) is 9.78 Å². The van der Waals surface area contributed by atoms with Crippen LogP contribution in [0.5, 0.6) is 0 Å². The third kappa shape index (κ3) is 3.30. The van der Waals surface area contributed by atoms with Gasteiger partial charge in [0.1, 0.15) is 16.4 Å². The van der Waals surface area contributed by atoms with E-state index in [-0.39, 0.29) is 17.9 Å². The second-order valence-corrected chi connectivity index (χ2v) is 7.71. The fourth-order valence-electron chi connectivity index (χ4n) is 3.56. The van der Waals surface area contributed by atoms with Crippen LogP contribution in [-0.2, 0) is 30.5 Å². The molecular formula is C19H20N2O5S. The average Bonchev–Trinajstić information content (AvgIpc) is 3.27. The summed E-state index contributed by atoms with van der Waals surface area (Å²) < 4.78 is 12.1. The summed E-state index contributed by atoms with van der Waals surface area (Å²) in [5, 5.41) is 9.75. The highest BCUT2D eigenvalue weighted by Crippen LogP contribution is 2.33. The number of hydrogen-bond donors (Lipinski definition) is 1. The number of hydrogen-bond acceptors (Lipinski definition) is 6. The van der Waals surface area contributed by atoms with Crippen molar-refractivity contribution in [3.8, 4) is 0 Å². The molecule has 1 aliphatic rings. The fraction of sp³-hybridized carbons (Fsp3) is 0.421. The predicted octanol–water partition coefficient (Wildman–Crippen LogP) is 2.87. The monoisotopic (exact) mass is 388 g/mol. The summed E-state index contributed by atoms with van der Waals surface area (Å²) in [6.45, 7) is 0.598. The van der Waals surface area contributed by atoms with Gasteiger partial charge in [-0.3, -0.25) is 9.36 Å². The molecule has 0 saturated carbocycles. The first-order chi connectivity index (χ1) is 13.1. The van der Waals surface area contributed by atoms with Crippen LogP contribution in [0.2, 0.25) is 0 Å². The second-order valence-electron chi connectivity index (χ2n) is 6.62. The first-order valence-corrected chi connectivity index (χ1v) is 9.75. The van der Waals surface area contributed by atoms with Crippen LogP contribution in [0.4, 0.5) is 0 Å². The lowest BCUT2D eigenvalue weighted by molar-refractivity contribution is 0.0660. The summed E-state index contributed by atoms with van der Waals surface area (Å²) in [5.41, 5.74) is 1.05. The number of thiophene rings is 1. The van der Waals surface area contributed by atoms with Gasteiger partial charge in [0.05, 0.1) is 18.5 Å². The number of aromatic carboxylic acids is 1. The zero-order valence-electron chi connectivity index (χ0n) is 15.0. The summed E-state index contributed by atoms with van der Waals surface area (Å²) >= 11 is 1.62. The average molecular weight is 388 g/mol. The Balaban J connectivity index is 1.83. The quantitative estimate of drug-likeness (QED) is 0.698. The number of carbonyl (C=O) groups is 1. The van der Waals surface area contributed by atoms with E-state index >= 15 is 0 Å². The number of ether oxygens (including phenoxy) is 1. The Bertz CT molecular complexity index is 1060. The van der Waals surface area contributed by atoms with Crippen molar-refractivity contribution in [1.29, 1.82) is 0 Å². The molecule has 0 aliphatic heterocycles. The van der Waals surface area contributed by atoms with Crippen LogP contribution < -0.4 is 5.56 Å². The Labute approximate surface area is 159 Å². The number of methoxy groups -OCH3 is 1. The van der Waals surface area contributed by atoms with Crippen LogP contribution >= 0.6 is 11.3 Å². The minimum atomic E-state index is -1.13. The lowest BCUT2D eigenvalue weighted by atomic mass is 9.97. The maximum Gasteiger partial charge on any atom is 0.371 e. The molecule has 4 rings (SSSR count). The molecule has 8 heteroatoms. The summed E-state index contributed by atoms with van der Waals surface area (Å²) in [5.74, 6) is -0.230. The Kier molecular flexibility index (Phi) is 4.84. The maximum atomic E-state index is 13.3. The van der Waals surface area contributed by atoms with E-state index in [0.29, 0.717) is 30.0 Å². The molecule has 0 spiro atoms. The topological polar surface area (TPSA) is 94.6 Å². The Morgan fingerprint density at radius 1 is 1.37 bits per heavy atom. The lowest BCUT2D eigenvalue weighted by Crippen LogP contribution is -2.27. The highest BCUT2D eigenvalue weighted by atomic mass is 32.1. The number of rotatable bonds is 6. The van der Waals surface area contributed by atoms with Crippen molar-refractivity contribution >= 4 is 27.5 Å². The molecule has 0 bridgehead atoms. The molecule has 3 aromatic heterocycles. The van der Waals surface area contributed by atoms with Gasteiger partial charge in [0.2, 0.25) is 5.76 Å². The van der Waals surface area contributed by atoms with Crippen LogP contribution in [-0.4, -0.2) is 34.3 Å². The Morgan fingerprint density at radius 2 is 2.19 bits per heavy atom. The molecule has 1 N–H and O–H groups in total. The van der Waals surface area contributed by atoms with Crippen LogP contribution in [0.3, 0.4) is 0 Å². The van der Waals surface area contributed by atoms with Crippen molar-refractivity contribution in [3.63, 3.8) is 0 Å². The summed E-state index contributed by atoms with van der Waals surface area (Å²) in [4.78, 5) is 31.2. The number of carboxylic acid groups (broad SMARTS) is 1. The first-order valence-electron chi connectivity index (χ1n) is 8.93. The molecule has 7 nitrogen and oxygen atoms in total. The lowest BCUT2D eigenvalue weighted by Gasteiger charge is -2.13. The molecule has 3 heterocycles. The fourth-order valence-corrected chi connectivity index (χ4v) is 4.83. The Hall–Kier alpha value is -2.45. The number of aryl methyl sites for hydroxylation is 2. The summed E-state index contributed by atoms with van der Waals surface area (Å²) in [7, 11) is 1.61. The van der Waals surface area contributed by atoms with Crippen molar-refractivity contribution in [3.05, 3.63) is 50.3 Å². The summed E-state index contributed by atoms with van der Waals surface area (Å²) in [6, 6.07) is 2.99. The Morgan fingerprint density at radius 3 is 2.93 bits per heavy atom. The van der Waals surface area contributed by atoms with E-state index in [2.05, 4.69) is 0 Å². The molecule has 0 fully saturated rings. The van der Waals surface area contributed by atoms with E-state index in [9.17, 15) is 9.59 Å². The summed E-state index contributed by atoms with van der Waals surface area (Å²) in [6.07, 6.45) is 4.65. The number of fused-ring (bicyclic) bond motifs is 3. The number of nitrogens with zero attached hydrogens (tertiary/aromatic N) is 2.